The second kappa shape index (κ2) is 10.3. The fourth-order valence-electron chi connectivity index (χ4n) is 5.31. The molecular formula is C30H30N4O5. The predicted octanol–water partition coefficient (Wildman–Crippen LogP) is 5.83. The average molecular weight is 527 g/mol. The number of hydrogen-bond acceptors (Lipinski definition) is 5. The van der Waals surface area contributed by atoms with Gasteiger partial charge in [0.05, 0.1) is 30.4 Å². The van der Waals surface area contributed by atoms with E-state index in [1.807, 2.05) is 72.8 Å². The molecule has 0 aliphatic carbocycles. The molecule has 1 aliphatic rings. The monoisotopic (exact) mass is 526 g/mol. The lowest BCUT2D eigenvalue weighted by Crippen LogP contribution is -2.58. The molecule has 0 unspecified atom stereocenters. The smallest absolute Gasteiger partial charge is 0.347 e. The molecule has 4 aromatic carbocycles. The van der Waals surface area contributed by atoms with Gasteiger partial charge in [0, 0.05) is 17.3 Å². The molecular weight excluding hydrogens is 496 g/mol. The number of amides is 4. The normalized spacial score (nSPS) is 16.5. The van der Waals surface area contributed by atoms with E-state index in [2.05, 4.69) is 5.32 Å². The molecule has 1 fully saturated rings. The van der Waals surface area contributed by atoms with Crippen molar-refractivity contribution in [3.63, 3.8) is 0 Å². The van der Waals surface area contributed by atoms with Gasteiger partial charge in [0.25, 0.3) is 0 Å². The van der Waals surface area contributed by atoms with E-state index in [4.69, 9.17) is 4.74 Å². The van der Waals surface area contributed by atoms with E-state index >= 15 is 0 Å². The molecule has 9 nitrogen and oxygen atoms in total. The minimum atomic E-state index is -1.12. The zero-order chi connectivity index (χ0) is 27.7. The number of benzene rings is 4. The van der Waals surface area contributed by atoms with Crippen LogP contribution >= 0.6 is 0 Å². The fourth-order valence-corrected chi connectivity index (χ4v) is 5.31. The maximum atomic E-state index is 14.0. The van der Waals surface area contributed by atoms with Crippen LogP contribution in [0.25, 0.3) is 21.5 Å². The summed E-state index contributed by atoms with van der Waals surface area (Å²) in [5.74, 6) is -0.465. The van der Waals surface area contributed by atoms with Gasteiger partial charge in [-0.3, -0.25) is 14.9 Å². The first-order valence-electron chi connectivity index (χ1n) is 12.7. The molecule has 9 heteroatoms. The van der Waals surface area contributed by atoms with Gasteiger partial charge in [0.2, 0.25) is 0 Å². The molecule has 200 valence electrons. The number of anilines is 2. The first kappa shape index (κ1) is 26.0. The van der Waals surface area contributed by atoms with Crippen LogP contribution in [0.5, 0.6) is 0 Å². The Morgan fingerprint density at radius 2 is 1.51 bits per heavy atom. The summed E-state index contributed by atoms with van der Waals surface area (Å²) in [5, 5.41) is 18.3. The zero-order valence-corrected chi connectivity index (χ0v) is 22.0. The van der Waals surface area contributed by atoms with E-state index < -0.39 is 29.7 Å². The van der Waals surface area contributed by atoms with Crippen molar-refractivity contribution in [3.8, 4) is 0 Å². The average Bonchev–Trinajstić information content (AvgIpc) is 3.14. The van der Waals surface area contributed by atoms with Crippen molar-refractivity contribution in [2.24, 2.45) is 0 Å². The zero-order valence-electron chi connectivity index (χ0n) is 22.0. The highest BCUT2D eigenvalue weighted by Gasteiger charge is 2.56. The summed E-state index contributed by atoms with van der Waals surface area (Å²) in [6.45, 7) is 3.56. The predicted molar refractivity (Wildman–Crippen MR) is 150 cm³/mol. The standard InChI is InChI=1S/C30H30N4O5/c1-30(2)27(34(38)28(36)31-24-16-8-12-20-10-4-6-14-22(20)24)33(29(37)32(30)19-18-26(35)39-3)25-17-9-13-21-11-5-7-15-23(21)25/h4-17,27,38H,18-19H2,1-3H3,(H,31,36)/t27-/m0/s1. The van der Waals surface area contributed by atoms with Crippen molar-refractivity contribution in [2.75, 3.05) is 23.9 Å². The number of rotatable bonds is 6. The van der Waals surface area contributed by atoms with Gasteiger partial charge in [-0.25, -0.2) is 9.59 Å². The van der Waals surface area contributed by atoms with Crippen molar-refractivity contribution in [2.45, 2.75) is 32.0 Å². The third-order valence-corrected chi connectivity index (χ3v) is 7.27. The SMILES string of the molecule is COC(=O)CCN1C(=O)N(c2cccc3ccccc23)[C@@H](N(O)C(=O)Nc2cccc3ccccc23)C1(C)C. The molecule has 1 atom stereocenters. The van der Waals surface area contributed by atoms with Crippen molar-refractivity contribution >= 4 is 51.0 Å². The van der Waals surface area contributed by atoms with Crippen LogP contribution in [0.2, 0.25) is 0 Å². The van der Waals surface area contributed by atoms with Gasteiger partial charge < -0.3 is 15.0 Å². The summed E-state index contributed by atoms with van der Waals surface area (Å²) in [7, 11) is 1.29. The fraction of sp³-hybridized carbons (Fsp3) is 0.233. The molecule has 4 aromatic rings. The Balaban J connectivity index is 1.56. The second-order valence-electron chi connectivity index (χ2n) is 9.96. The van der Waals surface area contributed by atoms with Gasteiger partial charge in [-0.15, -0.1) is 0 Å². The maximum absolute atomic E-state index is 14.0. The van der Waals surface area contributed by atoms with E-state index in [1.54, 1.807) is 26.0 Å². The molecule has 5 rings (SSSR count). The molecule has 0 aromatic heterocycles. The van der Waals surface area contributed by atoms with Gasteiger partial charge >= 0.3 is 18.0 Å². The van der Waals surface area contributed by atoms with Gasteiger partial charge in [-0.2, -0.15) is 5.06 Å². The Labute approximate surface area is 226 Å². The Bertz CT molecular complexity index is 1560. The number of hydrogen-bond donors (Lipinski definition) is 2. The highest BCUT2D eigenvalue weighted by Crippen LogP contribution is 2.40. The highest BCUT2D eigenvalue weighted by molar-refractivity contribution is 6.07. The number of carbonyl (C=O) groups is 3. The third kappa shape index (κ3) is 4.61. The second-order valence-corrected chi connectivity index (χ2v) is 9.96. The van der Waals surface area contributed by atoms with E-state index in [-0.39, 0.29) is 13.0 Å². The maximum Gasteiger partial charge on any atom is 0.347 e. The third-order valence-electron chi connectivity index (χ3n) is 7.27. The van der Waals surface area contributed by atoms with Crippen molar-refractivity contribution in [1.82, 2.24) is 9.96 Å². The number of nitrogens with zero attached hydrogens (tertiary/aromatic N) is 3. The van der Waals surface area contributed by atoms with E-state index in [0.29, 0.717) is 16.4 Å². The largest absolute Gasteiger partial charge is 0.469 e. The summed E-state index contributed by atoms with van der Waals surface area (Å²) in [4.78, 5) is 42.4. The van der Waals surface area contributed by atoms with Gasteiger partial charge in [0.15, 0.2) is 6.17 Å². The van der Waals surface area contributed by atoms with E-state index in [1.165, 1.54) is 16.9 Å². The molecule has 0 saturated carbocycles. The minimum Gasteiger partial charge on any atom is -0.469 e. The van der Waals surface area contributed by atoms with E-state index in [9.17, 15) is 19.6 Å². The number of methoxy groups -OCH3 is 1. The quantitative estimate of drug-likeness (QED) is 0.187. The van der Waals surface area contributed by atoms with Crippen LogP contribution in [-0.4, -0.2) is 58.6 Å². The molecule has 1 saturated heterocycles. The molecule has 1 aliphatic heterocycles. The van der Waals surface area contributed by atoms with Crippen LogP contribution in [0.1, 0.15) is 20.3 Å². The van der Waals surface area contributed by atoms with Crippen LogP contribution < -0.4 is 10.2 Å². The molecule has 4 amide bonds. The summed E-state index contributed by atoms with van der Waals surface area (Å²) < 4.78 is 4.78. The van der Waals surface area contributed by atoms with Gasteiger partial charge in [0.1, 0.15) is 0 Å². The van der Waals surface area contributed by atoms with E-state index in [0.717, 1.165) is 21.5 Å². The summed E-state index contributed by atoms with van der Waals surface area (Å²) >= 11 is 0. The topological polar surface area (TPSA) is 102 Å². The lowest BCUT2D eigenvalue weighted by Gasteiger charge is -2.38. The van der Waals surface area contributed by atoms with Crippen molar-refractivity contribution in [1.29, 1.82) is 0 Å². The minimum absolute atomic E-state index is 0.0323. The van der Waals surface area contributed by atoms with Gasteiger partial charge in [-0.1, -0.05) is 72.8 Å². The number of nitrogens with one attached hydrogen (secondary N) is 1. The van der Waals surface area contributed by atoms with Crippen LogP contribution in [0.15, 0.2) is 84.9 Å². The highest BCUT2D eigenvalue weighted by atomic mass is 16.5. The number of urea groups is 2. The number of esters is 1. The number of ether oxygens (including phenoxy) is 1. The molecule has 0 spiro atoms. The molecule has 39 heavy (non-hydrogen) atoms. The van der Waals surface area contributed by atoms with Crippen molar-refractivity contribution < 1.29 is 24.3 Å². The van der Waals surface area contributed by atoms with Crippen molar-refractivity contribution in [3.05, 3.63) is 84.9 Å². The Kier molecular flexibility index (Phi) is 6.84. The molecule has 0 bridgehead atoms. The lowest BCUT2D eigenvalue weighted by atomic mass is 9.99. The number of carbonyl (C=O) groups excluding carboxylic acids is 3. The van der Waals surface area contributed by atoms with Crippen LogP contribution in [0, 0.1) is 0 Å². The molecule has 2 N–H and O–H groups in total. The first-order chi connectivity index (χ1) is 18.7. The Morgan fingerprint density at radius 3 is 2.21 bits per heavy atom. The lowest BCUT2D eigenvalue weighted by molar-refractivity contribution is -0.141. The molecule has 0 radical (unpaired) electrons. The van der Waals surface area contributed by atoms with Crippen LogP contribution in [-0.2, 0) is 9.53 Å². The molecule has 1 heterocycles. The van der Waals surface area contributed by atoms with Gasteiger partial charge in [-0.05, 0) is 36.8 Å². The Hall–Kier alpha value is -4.63. The van der Waals surface area contributed by atoms with Crippen LogP contribution in [0.4, 0.5) is 21.0 Å². The first-order valence-corrected chi connectivity index (χ1v) is 12.7. The number of hydroxylamine groups is 2. The summed E-state index contributed by atoms with van der Waals surface area (Å²) in [6.07, 6.45) is -1.15. The Morgan fingerprint density at radius 1 is 0.923 bits per heavy atom. The van der Waals surface area contributed by atoms with Crippen LogP contribution in [0.3, 0.4) is 0 Å². The number of fused-ring (bicyclic) bond motifs is 2. The summed E-state index contributed by atoms with van der Waals surface area (Å²) in [6, 6.07) is 25.0. The summed E-state index contributed by atoms with van der Waals surface area (Å²) in [5.41, 5.74) is -0.0281.